The van der Waals surface area contributed by atoms with Crippen molar-refractivity contribution >= 4 is 0 Å². The summed E-state index contributed by atoms with van der Waals surface area (Å²) in [5, 5.41) is 3.57. The largest absolute Gasteiger partial charge is 0.330 e. The zero-order valence-electron chi connectivity index (χ0n) is 8.61. The van der Waals surface area contributed by atoms with Gasteiger partial charge in [-0.1, -0.05) is 6.92 Å². The van der Waals surface area contributed by atoms with E-state index in [4.69, 9.17) is 0 Å². The van der Waals surface area contributed by atoms with Crippen LogP contribution in [0.1, 0.15) is 44.0 Å². The van der Waals surface area contributed by atoms with Gasteiger partial charge in [-0.15, -0.1) is 0 Å². The second kappa shape index (κ2) is 3.09. The van der Waals surface area contributed by atoms with E-state index in [0.717, 1.165) is 18.5 Å². The number of nitrogens with zero attached hydrogens (tertiary/aromatic N) is 2. The fraction of sp³-hybridized carbons (Fsp3) is 0.727. The molecule has 2 fully saturated rings. The molecular weight excluding hydrogens is 174 g/mol. The van der Waals surface area contributed by atoms with Crippen LogP contribution in [0.25, 0.3) is 0 Å². The van der Waals surface area contributed by atoms with E-state index in [2.05, 4.69) is 21.8 Å². The van der Waals surface area contributed by atoms with Crippen LogP contribution in [0.3, 0.4) is 0 Å². The minimum Gasteiger partial charge on any atom is -0.330 e. The maximum atomic E-state index is 4.29. The molecule has 2 unspecified atom stereocenters. The average Bonchev–Trinajstić information content (AvgIpc) is 2.75. The first kappa shape index (κ1) is 8.48. The topological polar surface area (TPSA) is 29.9 Å². The standard InChI is InChI=1S/C11H17N3/c1-8-4-5-13-11(8)10-6-12-7-14(10)9-2-3-9/h6-9,11,13H,2-5H2,1H3. The Balaban J connectivity index is 1.90. The van der Waals surface area contributed by atoms with E-state index in [-0.39, 0.29) is 0 Å². The smallest absolute Gasteiger partial charge is 0.0951 e. The van der Waals surface area contributed by atoms with Crippen molar-refractivity contribution in [2.75, 3.05) is 6.54 Å². The minimum absolute atomic E-state index is 0.540. The Morgan fingerprint density at radius 3 is 2.93 bits per heavy atom. The molecule has 0 bridgehead atoms. The van der Waals surface area contributed by atoms with E-state index in [1.54, 1.807) is 0 Å². The molecule has 0 radical (unpaired) electrons. The molecule has 2 heterocycles. The van der Waals surface area contributed by atoms with Crippen LogP contribution >= 0.6 is 0 Å². The molecule has 1 aromatic rings. The summed E-state index contributed by atoms with van der Waals surface area (Å²) in [6.45, 7) is 3.48. The maximum Gasteiger partial charge on any atom is 0.0951 e. The first-order valence-corrected chi connectivity index (χ1v) is 5.61. The highest BCUT2D eigenvalue weighted by molar-refractivity contribution is 5.11. The number of nitrogens with one attached hydrogen (secondary N) is 1. The number of imidazole rings is 1. The first-order chi connectivity index (χ1) is 6.86. The van der Waals surface area contributed by atoms with E-state index in [1.165, 1.54) is 25.0 Å². The summed E-state index contributed by atoms with van der Waals surface area (Å²) in [6.07, 6.45) is 8.01. The van der Waals surface area contributed by atoms with E-state index in [0.29, 0.717) is 6.04 Å². The molecule has 0 spiro atoms. The van der Waals surface area contributed by atoms with Gasteiger partial charge in [0.15, 0.2) is 0 Å². The summed E-state index contributed by atoms with van der Waals surface area (Å²) < 4.78 is 2.37. The molecule has 1 aromatic heterocycles. The van der Waals surface area contributed by atoms with Crippen molar-refractivity contribution in [1.29, 1.82) is 0 Å². The Bertz CT molecular complexity index is 327. The van der Waals surface area contributed by atoms with Crippen LogP contribution in [0.5, 0.6) is 0 Å². The zero-order valence-corrected chi connectivity index (χ0v) is 8.61. The van der Waals surface area contributed by atoms with Gasteiger partial charge in [-0.3, -0.25) is 0 Å². The Kier molecular flexibility index (Phi) is 1.87. The molecule has 76 valence electrons. The SMILES string of the molecule is CC1CCNC1c1cncn1C1CC1. The minimum atomic E-state index is 0.540. The van der Waals surface area contributed by atoms with Crippen LogP contribution in [0.4, 0.5) is 0 Å². The van der Waals surface area contributed by atoms with Crippen LogP contribution in [0, 0.1) is 5.92 Å². The lowest BCUT2D eigenvalue weighted by atomic mass is 10.0. The van der Waals surface area contributed by atoms with Crippen LogP contribution in [0.2, 0.25) is 0 Å². The highest BCUT2D eigenvalue weighted by Gasteiger charge is 2.31. The van der Waals surface area contributed by atoms with Crippen LogP contribution in [-0.4, -0.2) is 16.1 Å². The second-order valence-corrected chi connectivity index (χ2v) is 4.65. The molecule has 3 heteroatoms. The van der Waals surface area contributed by atoms with Crippen molar-refractivity contribution < 1.29 is 0 Å². The lowest BCUT2D eigenvalue weighted by Gasteiger charge is -2.17. The van der Waals surface area contributed by atoms with Crippen molar-refractivity contribution in [2.24, 2.45) is 5.92 Å². The zero-order chi connectivity index (χ0) is 9.54. The lowest BCUT2D eigenvalue weighted by molar-refractivity contribution is 0.469. The third-order valence-electron chi connectivity index (χ3n) is 3.49. The molecule has 14 heavy (non-hydrogen) atoms. The van der Waals surface area contributed by atoms with Gasteiger partial charge in [0.05, 0.1) is 18.1 Å². The van der Waals surface area contributed by atoms with E-state index >= 15 is 0 Å². The van der Waals surface area contributed by atoms with Gasteiger partial charge in [0, 0.05) is 12.2 Å². The van der Waals surface area contributed by atoms with Crippen LogP contribution < -0.4 is 5.32 Å². The van der Waals surface area contributed by atoms with Gasteiger partial charge >= 0.3 is 0 Å². The molecule has 0 aromatic carbocycles. The van der Waals surface area contributed by atoms with Gasteiger partial charge in [-0.05, 0) is 31.7 Å². The fourth-order valence-electron chi connectivity index (χ4n) is 2.44. The van der Waals surface area contributed by atoms with Crippen molar-refractivity contribution in [3.63, 3.8) is 0 Å². The molecule has 1 aliphatic heterocycles. The normalized spacial score (nSPS) is 32.4. The molecule has 3 nitrogen and oxygen atoms in total. The predicted octanol–water partition coefficient (Wildman–Crippen LogP) is 1.89. The monoisotopic (exact) mass is 191 g/mol. The third kappa shape index (κ3) is 1.27. The first-order valence-electron chi connectivity index (χ1n) is 5.61. The number of rotatable bonds is 2. The highest BCUT2D eigenvalue weighted by atomic mass is 15.1. The predicted molar refractivity (Wildman–Crippen MR) is 55.0 cm³/mol. The lowest BCUT2D eigenvalue weighted by Crippen LogP contribution is -2.19. The molecule has 3 rings (SSSR count). The van der Waals surface area contributed by atoms with Crippen LogP contribution in [-0.2, 0) is 0 Å². The van der Waals surface area contributed by atoms with Gasteiger partial charge < -0.3 is 9.88 Å². The molecule has 1 saturated carbocycles. The molecule has 0 amide bonds. The third-order valence-corrected chi connectivity index (χ3v) is 3.49. The summed E-state index contributed by atoms with van der Waals surface area (Å²) in [7, 11) is 0. The van der Waals surface area contributed by atoms with Crippen molar-refractivity contribution in [3.8, 4) is 0 Å². The van der Waals surface area contributed by atoms with E-state index < -0.39 is 0 Å². The van der Waals surface area contributed by atoms with Crippen molar-refractivity contribution in [1.82, 2.24) is 14.9 Å². The van der Waals surface area contributed by atoms with Gasteiger partial charge in [0.25, 0.3) is 0 Å². The van der Waals surface area contributed by atoms with Crippen LogP contribution in [0.15, 0.2) is 12.5 Å². The van der Waals surface area contributed by atoms with E-state index in [9.17, 15) is 0 Å². The van der Waals surface area contributed by atoms with Gasteiger partial charge in [-0.2, -0.15) is 0 Å². The number of aromatic nitrogens is 2. The summed E-state index contributed by atoms with van der Waals surface area (Å²) in [6, 6.07) is 1.29. The molecule has 2 atom stereocenters. The summed E-state index contributed by atoms with van der Waals surface area (Å²) in [5.74, 6) is 0.754. The molecule has 1 aliphatic carbocycles. The summed E-state index contributed by atoms with van der Waals surface area (Å²) in [4.78, 5) is 4.29. The Labute approximate surface area is 84.5 Å². The van der Waals surface area contributed by atoms with Gasteiger partial charge in [0.1, 0.15) is 0 Å². The fourth-order valence-corrected chi connectivity index (χ4v) is 2.44. The number of hydrogen-bond acceptors (Lipinski definition) is 2. The summed E-state index contributed by atoms with van der Waals surface area (Å²) in [5.41, 5.74) is 1.40. The molecule has 2 aliphatic rings. The summed E-state index contributed by atoms with van der Waals surface area (Å²) >= 11 is 0. The average molecular weight is 191 g/mol. The van der Waals surface area contributed by atoms with Gasteiger partial charge in [0.2, 0.25) is 0 Å². The highest BCUT2D eigenvalue weighted by Crippen LogP contribution is 2.39. The Morgan fingerprint density at radius 1 is 1.43 bits per heavy atom. The molecule has 1 saturated heterocycles. The maximum absolute atomic E-state index is 4.29. The number of hydrogen-bond donors (Lipinski definition) is 1. The van der Waals surface area contributed by atoms with Gasteiger partial charge in [-0.25, -0.2) is 4.98 Å². The Hall–Kier alpha value is -0.830. The van der Waals surface area contributed by atoms with Crippen molar-refractivity contribution in [2.45, 2.75) is 38.3 Å². The van der Waals surface area contributed by atoms with Crippen molar-refractivity contribution in [3.05, 3.63) is 18.2 Å². The Morgan fingerprint density at radius 2 is 2.29 bits per heavy atom. The second-order valence-electron chi connectivity index (χ2n) is 4.65. The quantitative estimate of drug-likeness (QED) is 0.773. The van der Waals surface area contributed by atoms with E-state index in [1.807, 2.05) is 12.5 Å². The molecule has 1 N–H and O–H groups in total. The molecular formula is C11H17N3.